The van der Waals surface area contributed by atoms with Crippen LogP contribution in [0.3, 0.4) is 0 Å². The first-order chi connectivity index (χ1) is 38.4. The summed E-state index contributed by atoms with van der Waals surface area (Å²) in [6, 6.07) is 31.1. The number of phenols is 1. The Bertz CT molecular complexity index is 2810. The number of benzene rings is 2. The lowest BCUT2D eigenvalue weighted by atomic mass is 9.76. The van der Waals surface area contributed by atoms with Crippen LogP contribution < -0.4 is 5.56 Å². The highest BCUT2D eigenvalue weighted by Crippen LogP contribution is 2.34. The van der Waals surface area contributed by atoms with Crippen molar-refractivity contribution in [1.82, 2.24) is 30.1 Å². The van der Waals surface area contributed by atoms with Crippen molar-refractivity contribution < 1.29 is 14.2 Å². The van der Waals surface area contributed by atoms with Gasteiger partial charge in [-0.15, -0.1) is 0 Å². The molecule has 8 rings (SSSR count). The van der Waals surface area contributed by atoms with E-state index in [2.05, 4.69) is 231 Å². The number of nitrogens with one attached hydrogen (secondary N) is 2. The SMILES string of the molecule is C.CC(C)(C)C1CCOCC1.CC(C)(C)c1cc[nH]c(=O)c1.CC(C)(C)c1cccc(F)c1O.CC(C)(C)c1ccccn1.CC(C)(C)c1cccnc1.CC(C)(C)c1ccncc1.Cc1[nH]ncc1C(C)(C)C.Cc1ccc(C(C)(C)C)cc1. The van der Waals surface area contributed by atoms with E-state index < -0.39 is 5.82 Å². The van der Waals surface area contributed by atoms with E-state index in [1.54, 1.807) is 30.6 Å². The van der Waals surface area contributed by atoms with Crippen LogP contribution in [-0.4, -0.2) is 48.5 Å². The fourth-order valence-electron chi connectivity index (χ4n) is 8.22. The number of aromatic amines is 2. The first-order valence-electron chi connectivity index (χ1n) is 29.9. The lowest BCUT2D eigenvalue weighted by Crippen LogP contribution is -2.27. The molecule has 3 N–H and O–H groups in total. The molecule has 10 heteroatoms. The minimum atomic E-state index is -0.553. The number of para-hydroxylation sites is 1. The molecular weight excluding hydrogens is 1050 g/mol. The zero-order chi connectivity index (χ0) is 64.5. The van der Waals surface area contributed by atoms with Crippen LogP contribution >= 0.6 is 0 Å². The maximum Gasteiger partial charge on any atom is 0.248 e. The molecule has 1 saturated heterocycles. The predicted molar refractivity (Wildman–Crippen MR) is 363 cm³/mol. The van der Waals surface area contributed by atoms with E-state index in [4.69, 9.17) is 4.74 Å². The summed E-state index contributed by atoms with van der Waals surface area (Å²) < 4.78 is 18.2. The Hall–Kier alpha value is -6.26. The van der Waals surface area contributed by atoms with Crippen molar-refractivity contribution in [3.63, 3.8) is 0 Å². The van der Waals surface area contributed by atoms with Crippen molar-refractivity contribution >= 4 is 0 Å². The van der Waals surface area contributed by atoms with Crippen LogP contribution in [0.1, 0.15) is 237 Å². The molecule has 472 valence electrons. The number of pyridine rings is 4. The second kappa shape index (κ2) is 34.8. The predicted octanol–water partition coefficient (Wildman–Crippen LogP) is 20.0. The van der Waals surface area contributed by atoms with Crippen LogP contribution in [0.2, 0.25) is 0 Å². The van der Waals surface area contributed by atoms with Crippen LogP contribution in [-0.2, 0) is 42.6 Å². The molecule has 1 aliphatic heterocycles. The minimum absolute atomic E-state index is 0. The van der Waals surface area contributed by atoms with Crippen LogP contribution in [0.25, 0.3) is 0 Å². The third-order valence-corrected chi connectivity index (χ3v) is 13.9. The topological polar surface area (TPSA) is 130 Å². The maximum absolute atomic E-state index is 12.9. The van der Waals surface area contributed by atoms with Crippen LogP contribution in [0, 0.1) is 31.0 Å². The zero-order valence-corrected chi connectivity index (χ0v) is 57.1. The minimum Gasteiger partial charge on any atom is -0.505 e. The summed E-state index contributed by atoms with van der Waals surface area (Å²) >= 11 is 0. The summed E-state index contributed by atoms with van der Waals surface area (Å²) in [6.07, 6.45) is 15.3. The highest BCUT2D eigenvalue weighted by molar-refractivity contribution is 5.38. The summed E-state index contributed by atoms with van der Waals surface area (Å²) in [7, 11) is 0. The molecule has 0 unspecified atom stereocenters. The standard InChI is InChI=1S/C11H16.C10H13FO.C9H13NO.3C9H13N.C9H18O.C8H14N2.CH4/c1-9-5-7-10(8-6-9)11(2,3)4;1-10(2,3)7-5-4-6-8(11)9(7)12;1-9(2,3)7-4-5-10-8(11)6-7;1-9(2,3)8-4-6-10-7-5-8;1-9(2,3)8-5-4-6-10-7-8;1-9(2,3)8-6-4-5-7-10-8;1-9(2,3)8-4-6-10-7-5-8;1-6-7(5-9-10-6)8(2,3)4;/h5-8H,1-4H3;4-6,12H,1-3H3;4-6H,1-3H3,(H,10,11);3*4-7H,1-3H3;8H,4-7H2,1-3H3;5H,1-4H3,(H,9,10);1H4. The summed E-state index contributed by atoms with van der Waals surface area (Å²) in [5.41, 5.74) is 12.2. The smallest absolute Gasteiger partial charge is 0.248 e. The second-order valence-electron chi connectivity index (χ2n) is 30.0. The highest BCUT2D eigenvalue weighted by Gasteiger charge is 2.26. The molecule has 6 heterocycles. The van der Waals surface area contributed by atoms with Gasteiger partial charge in [0, 0.05) is 78.8 Å². The quantitative estimate of drug-likeness (QED) is 0.138. The molecule has 1 aliphatic rings. The van der Waals surface area contributed by atoms with Crippen molar-refractivity contribution in [2.24, 2.45) is 11.3 Å². The molecule has 1 fully saturated rings. The van der Waals surface area contributed by atoms with Crippen molar-refractivity contribution in [2.75, 3.05) is 13.2 Å². The van der Waals surface area contributed by atoms with Gasteiger partial charge in [0.25, 0.3) is 0 Å². The van der Waals surface area contributed by atoms with Crippen LogP contribution in [0.4, 0.5) is 4.39 Å². The zero-order valence-electron chi connectivity index (χ0n) is 57.1. The highest BCUT2D eigenvalue weighted by atomic mass is 19.1. The molecule has 7 aromatic rings. The van der Waals surface area contributed by atoms with E-state index in [-0.39, 0.29) is 56.6 Å². The number of hydrogen-bond acceptors (Lipinski definition) is 7. The first kappa shape index (κ1) is 78.7. The van der Waals surface area contributed by atoms with E-state index in [0.29, 0.717) is 11.0 Å². The van der Waals surface area contributed by atoms with Crippen molar-refractivity contribution in [3.05, 3.63) is 207 Å². The fourth-order valence-corrected chi connectivity index (χ4v) is 8.22. The van der Waals surface area contributed by atoms with Gasteiger partial charge in [-0.05, 0) is 141 Å². The molecule has 0 atom stereocenters. The van der Waals surface area contributed by atoms with Crippen molar-refractivity contribution in [2.45, 2.75) is 238 Å². The Labute approximate surface area is 517 Å². The lowest BCUT2D eigenvalue weighted by Gasteiger charge is -2.33. The van der Waals surface area contributed by atoms with Gasteiger partial charge in [0.2, 0.25) is 5.56 Å². The van der Waals surface area contributed by atoms with E-state index in [1.807, 2.05) is 82.9 Å². The Kier molecular flexibility index (Phi) is 32.2. The second-order valence-corrected chi connectivity index (χ2v) is 30.0. The number of rotatable bonds is 0. The summed E-state index contributed by atoms with van der Waals surface area (Å²) in [5, 5.41) is 16.2. The van der Waals surface area contributed by atoms with E-state index in [1.165, 1.54) is 52.4 Å². The summed E-state index contributed by atoms with van der Waals surface area (Å²) in [4.78, 5) is 25.7. The molecule has 5 aromatic heterocycles. The molecule has 85 heavy (non-hydrogen) atoms. The van der Waals surface area contributed by atoms with Crippen molar-refractivity contribution in [3.8, 4) is 5.75 Å². The lowest BCUT2D eigenvalue weighted by molar-refractivity contribution is 0.0286. The Morgan fingerprint density at radius 2 is 1.02 bits per heavy atom. The van der Waals surface area contributed by atoms with Gasteiger partial charge in [0.05, 0.1) is 6.20 Å². The van der Waals surface area contributed by atoms with Gasteiger partial charge in [-0.25, -0.2) is 4.39 Å². The number of aromatic nitrogens is 6. The summed E-state index contributed by atoms with van der Waals surface area (Å²) in [6.45, 7) is 58.0. The number of halogens is 1. The molecule has 0 amide bonds. The van der Waals surface area contributed by atoms with Gasteiger partial charge in [-0.3, -0.25) is 24.8 Å². The number of phenolic OH excluding ortho intramolecular Hbond substituents is 1. The monoisotopic (exact) mass is 1170 g/mol. The van der Waals surface area contributed by atoms with Gasteiger partial charge in [0.15, 0.2) is 11.6 Å². The normalized spacial score (nSPS) is 12.8. The number of ether oxygens (including phenoxy) is 1. The van der Waals surface area contributed by atoms with Gasteiger partial charge in [0.1, 0.15) is 0 Å². The summed E-state index contributed by atoms with van der Waals surface area (Å²) in [5.74, 6) is 0.0914. The molecule has 2 aromatic carbocycles. The Morgan fingerprint density at radius 3 is 1.34 bits per heavy atom. The molecule has 0 radical (unpaired) electrons. The van der Waals surface area contributed by atoms with E-state index >= 15 is 0 Å². The van der Waals surface area contributed by atoms with Crippen LogP contribution in [0.5, 0.6) is 5.75 Å². The number of hydrogen-bond donors (Lipinski definition) is 3. The fraction of sp³-hybridized carbons (Fsp3) is 0.533. The average Bonchev–Trinajstić information content (AvgIpc) is 4.02. The van der Waals surface area contributed by atoms with Gasteiger partial charge in [-0.2, -0.15) is 5.10 Å². The van der Waals surface area contributed by atoms with Gasteiger partial charge >= 0.3 is 0 Å². The third-order valence-electron chi connectivity index (χ3n) is 13.9. The molecular formula is C75H117FN6O3. The molecule has 0 saturated carbocycles. The Morgan fingerprint density at radius 1 is 0.506 bits per heavy atom. The molecule has 9 nitrogen and oxygen atoms in total. The Balaban J connectivity index is 0.000000948. The molecule has 0 bridgehead atoms. The van der Waals surface area contributed by atoms with E-state index in [9.17, 15) is 14.3 Å². The number of aromatic hydroxyl groups is 1. The molecule has 0 aliphatic carbocycles. The molecule has 0 spiro atoms. The first-order valence-corrected chi connectivity index (χ1v) is 29.9. The van der Waals surface area contributed by atoms with Crippen LogP contribution in [0.15, 0.2) is 145 Å². The maximum atomic E-state index is 12.9. The van der Waals surface area contributed by atoms with Crippen molar-refractivity contribution in [1.29, 1.82) is 0 Å². The van der Waals surface area contributed by atoms with Gasteiger partial charge in [-0.1, -0.05) is 228 Å². The number of aryl methyl sites for hydroxylation is 2. The third kappa shape index (κ3) is 32.2. The van der Waals surface area contributed by atoms with E-state index in [0.717, 1.165) is 30.4 Å². The average molecular weight is 1170 g/mol. The number of nitrogens with zero attached hydrogens (tertiary/aromatic N) is 4. The number of H-pyrrole nitrogens is 2. The largest absolute Gasteiger partial charge is 0.505 e. The van der Waals surface area contributed by atoms with Gasteiger partial charge < -0.3 is 14.8 Å².